The topological polar surface area (TPSA) is 97.8 Å². The van der Waals surface area contributed by atoms with Crippen LogP contribution in [0, 0.1) is 5.92 Å². The summed E-state index contributed by atoms with van der Waals surface area (Å²) in [7, 11) is 0. The van der Waals surface area contributed by atoms with Gasteiger partial charge in [0.05, 0.1) is 11.4 Å². The van der Waals surface area contributed by atoms with Gasteiger partial charge in [-0.25, -0.2) is 9.98 Å². The van der Waals surface area contributed by atoms with Crippen LogP contribution in [0.2, 0.25) is 0 Å². The number of nitrogen functional groups attached to an aromatic ring is 1. The average molecular weight is 393 g/mol. The number of fused-ring (bicyclic) bond motifs is 1. The van der Waals surface area contributed by atoms with E-state index in [-0.39, 0.29) is 0 Å². The van der Waals surface area contributed by atoms with Crippen LogP contribution >= 0.6 is 0 Å². The fourth-order valence-electron chi connectivity index (χ4n) is 4.44. The lowest BCUT2D eigenvalue weighted by Crippen LogP contribution is -2.41. The molecule has 0 saturated heterocycles. The number of aliphatic imine (C=N–C) groups is 1. The first-order valence-electron chi connectivity index (χ1n) is 10.2. The van der Waals surface area contributed by atoms with Crippen molar-refractivity contribution in [2.45, 2.75) is 57.5 Å². The number of benzene rings is 1. The van der Waals surface area contributed by atoms with Gasteiger partial charge >= 0.3 is 5.97 Å². The highest BCUT2D eigenvalue weighted by Gasteiger charge is 2.35. The second-order valence-corrected chi connectivity index (χ2v) is 8.56. The van der Waals surface area contributed by atoms with Crippen LogP contribution in [-0.2, 0) is 4.79 Å². The van der Waals surface area contributed by atoms with E-state index in [0.717, 1.165) is 37.0 Å². The number of nitrogens with two attached hydrogens (primary N) is 1. The third-order valence-electron chi connectivity index (χ3n) is 6.03. The average Bonchev–Trinajstić information content (AvgIpc) is 2.67. The molecule has 1 aliphatic carbocycles. The van der Waals surface area contributed by atoms with Crippen molar-refractivity contribution in [3.05, 3.63) is 47.7 Å². The summed E-state index contributed by atoms with van der Waals surface area (Å²) in [4.78, 5) is 20.0. The van der Waals surface area contributed by atoms with Crippen LogP contribution in [0.5, 0.6) is 5.88 Å². The molecule has 0 amide bonds. The Kier molecular flexibility index (Phi) is 5.03. The molecule has 1 aromatic carbocycles. The zero-order valence-electron chi connectivity index (χ0n) is 16.9. The predicted octanol–water partition coefficient (Wildman–Crippen LogP) is 4.70. The molecule has 1 aliphatic heterocycles. The summed E-state index contributed by atoms with van der Waals surface area (Å²) in [5.74, 6) is 0.589. The highest BCUT2D eigenvalue weighted by Crippen LogP contribution is 2.40. The molecule has 0 radical (unpaired) electrons. The Morgan fingerprint density at radius 1 is 1.17 bits per heavy atom. The molecule has 6 heteroatoms. The molecule has 6 nitrogen and oxygen atoms in total. The molecule has 1 saturated carbocycles. The Balaban J connectivity index is 1.54. The van der Waals surface area contributed by atoms with E-state index in [9.17, 15) is 4.79 Å². The minimum atomic E-state index is -0.687. The van der Waals surface area contributed by atoms with Crippen molar-refractivity contribution >= 4 is 23.1 Å². The Bertz CT molecular complexity index is 942. The number of ether oxygens (including phenoxy) is 1. The van der Waals surface area contributed by atoms with Gasteiger partial charge in [0, 0.05) is 18.2 Å². The van der Waals surface area contributed by atoms with Crippen molar-refractivity contribution in [3.63, 3.8) is 0 Å². The minimum Gasteiger partial charge on any atom is -0.481 e. The summed E-state index contributed by atoms with van der Waals surface area (Å²) >= 11 is 0. The molecule has 0 bridgehead atoms. The van der Waals surface area contributed by atoms with E-state index in [4.69, 9.17) is 20.6 Å². The van der Waals surface area contributed by atoms with Crippen LogP contribution < -0.4 is 10.5 Å². The van der Waals surface area contributed by atoms with Crippen LogP contribution in [0.25, 0.3) is 0 Å². The van der Waals surface area contributed by atoms with Gasteiger partial charge in [-0.1, -0.05) is 24.3 Å². The lowest BCUT2D eigenvalue weighted by molar-refractivity contribution is -0.138. The third-order valence-corrected chi connectivity index (χ3v) is 6.03. The standard InChI is InChI=1S/C23H27N3O3/c1-23(2)21(26-20-18(24)11-12-25-22(20)29-23)17-9-7-16(8-10-17)15-5-3-14(4-6-15)13-19(27)28/h7-12,14-15H,3-6,13H2,1-2H3,(H2,24,25)(H,27,28). The Morgan fingerprint density at radius 3 is 2.52 bits per heavy atom. The number of rotatable bonds is 4. The number of carboxylic acid groups (broad SMARTS) is 1. The molecule has 29 heavy (non-hydrogen) atoms. The molecule has 2 aliphatic rings. The van der Waals surface area contributed by atoms with E-state index in [1.54, 1.807) is 12.3 Å². The van der Waals surface area contributed by atoms with Gasteiger partial charge in [0.25, 0.3) is 0 Å². The van der Waals surface area contributed by atoms with Gasteiger partial charge in [-0.05, 0) is 63.0 Å². The third kappa shape index (κ3) is 3.97. The van der Waals surface area contributed by atoms with Gasteiger partial charge < -0.3 is 15.6 Å². The number of nitrogens with zero attached hydrogens (tertiary/aromatic N) is 2. The molecule has 152 valence electrons. The van der Waals surface area contributed by atoms with Crippen molar-refractivity contribution in [1.29, 1.82) is 0 Å². The fourth-order valence-corrected chi connectivity index (χ4v) is 4.44. The summed E-state index contributed by atoms with van der Waals surface area (Å²) in [6.07, 6.45) is 5.97. The summed E-state index contributed by atoms with van der Waals surface area (Å²) in [6.45, 7) is 3.97. The first-order chi connectivity index (χ1) is 13.8. The first-order valence-corrected chi connectivity index (χ1v) is 10.2. The number of anilines is 1. The summed E-state index contributed by atoms with van der Waals surface area (Å²) in [6, 6.07) is 10.3. The first kappa shape index (κ1) is 19.4. The lowest BCUT2D eigenvalue weighted by Gasteiger charge is -2.32. The van der Waals surface area contributed by atoms with Crippen LogP contribution in [0.15, 0.2) is 41.5 Å². The second kappa shape index (κ2) is 7.50. The van der Waals surface area contributed by atoms with Gasteiger partial charge in [0.15, 0.2) is 0 Å². The van der Waals surface area contributed by atoms with E-state index in [1.165, 1.54) is 5.56 Å². The zero-order chi connectivity index (χ0) is 20.6. The molecule has 2 aromatic rings. The second-order valence-electron chi connectivity index (χ2n) is 8.56. The summed E-state index contributed by atoms with van der Waals surface area (Å²) in [5, 5.41) is 8.99. The van der Waals surface area contributed by atoms with E-state index in [1.807, 2.05) is 13.8 Å². The smallest absolute Gasteiger partial charge is 0.303 e. The molecule has 0 unspecified atom stereocenters. The number of pyridine rings is 1. The monoisotopic (exact) mass is 393 g/mol. The molecule has 1 fully saturated rings. The van der Waals surface area contributed by atoms with E-state index in [0.29, 0.717) is 35.5 Å². The maximum atomic E-state index is 10.9. The van der Waals surface area contributed by atoms with Crippen molar-refractivity contribution < 1.29 is 14.6 Å². The molecular formula is C23H27N3O3. The molecule has 1 aromatic heterocycles. The van der Waals surface area contributed by atoms with Crippen molar-refractivity contribution in [2.75, 3.05) is 5.73 Å². The Hall–Kier alpha value is -2.89. The molecule has 0 spiro atoms. The van der Waals surface area contributed by atoms with Gasteiger partial charge in [0.1, 0.15) is 11.3 Å². The highest BCUT2D eigenvalue weighted by atomic mass is 16.5. The largest absolute Gasteiger partial charge is 0.481 e. The van der Waals surface area contributed by atoms with E-state index >= 15 is 0 Å². The maximum Gasteiger partial charge on any atom is 0.303 e. The fraction of sp³-hybridized carbons (Fsp3) is 0.435. The molecule has 4 rings (SSSR count). The Labute approximate surface area is 170 Å². The Morgan fingerprint density at radius 2 is 1.86 bits per heavy atom. The highest BCUT2D eigenvalue weighted by molar-refractivity contribution is 6.09. The number of carbonyl (C=O) groups is 1. The van der Waals surface area contributed by atoms with Crippen molar-refractivity contribution in [3.8, 4) is 5.88 Å². The maximum absolute atomic E-state index is 10.9. The number of aliphatic carboxylic acids is 1. The number of carboxylic acids is 1. The zero-order valence-corrected chi connectivity index (χ0v) is 16.9. The SMILES string of the molecule is CC1(C)Oc2nccc(N)c2N=C1c1ccc(C2CCC(CC(=O)O)CC2)cc1. The quantitative estimate of drug-likeness (QED) is 0.784. The van der Waals surface area contributed by atoms with E-state index < -0.39 is 11.6 Å². The molecule has 3 N–H and O–H groups in total. The normalized spacial score (nSPS) is 22.9. The summed E-state index contributed by atoms with van der Waals surface area (Å²) in [5.41, 5.74) is 9.75. The van der Waals surface area contributed by atoms with Gasteiger partial charge in [0.2, 0.25) is 5.88 Å². The van der Waals surface area contributed by atoms with Crippen LogP contribution in [0.3, 0.4) is 0 Å². The number of hydrogen-bond acceptors (Lipinski definition) is 5. The molecule has 0 atom stereocenters. The molecular weight excluding hydrogens is 366 g/mol. The van der Waals surface area contributed by atoms with Crippen LogP contribution in [0.1, 0.15) is 63.0 Å². The van der Waals surface area contributed by atoms with Crippen molar-refractivity contribution in [2.24, 2.45) is 10.9 Å². The summed E-state index contributed by atoms with van der Waals surface area (Å²) < 4.78 is 6.09. The van der Waals surface area contributed by atoms with Gasteiger partial charge in [-0.15, -0.1) is 0 Å². The van der Waals surface area contributed by atoms with Crippen LogP contribution in [-0.4, -0.2) is 27.4 Å². The van der Waals surface area contributed by atoms with E-state index in [2.05, 4.69) is 29.2 Å². The van der Waals surface area contributed by atoms with Crippen LogP contribution in [0.4, 0.5) is 11.4 Å². The van der Waals surface area contributed by atoms with Gasteiger partial charge in [-0.2, -0.15) is 0 Å². The lowest BCUT2D eigenvalue weighted by atomic mass is 9.77. The predicted molar refractivity (Wildman–Crippen MR) is 113 cm³/mol. The molecule has 2 heterocycles. The number of aromatic nitrogens is 1. The minimum absolute atomic E-state index is 0.292. The van der Waals surface area contributed by atoms with Gasteiger partial charge in [-0.3, -0.25) is 4.79 Å². The van der Waals surface area contributed by atoms with Crippen molar-refractivity contribution in [1.82, 2.24) is 4.98 Å². The number of hydrogen-bond donors (Lipinski definition) is 2.